The van der Waals surface area contributed by atoms with E-state index in [1.807, 2.05) is 6.07 Å². The molecule has 6 nitrogen and oxygen atoms in total. The molecule has 0 bridgehead atoms. The molecule has 3 aromatic rings. The van der Waals surface area contributed by atoms with Crippen LogP contribution in [0.25, 0.3) is 10.8 Å². The molecule has 0 spiro atoms. The molecule has 2 saturated heterocycles. The van der Waals surface area contributed by atoms with Crippen molar-refractivity contribution in [2.24, 2.45) is 0 Å². The number of hydrogen-bond acceptors (Lipinski definition) is 5. The molecule has 3 heterocycles. The van der Waals surface area contributed by atoms with Gasteiger partial charge in [-0.25, -0.2) is 0 Å². The number of rotatable bonds is 4. The summed E-state index contributed by atoms with van der Waals surface area (Å²) in [6.07, 6.45) is 3.15. The normalized spacial score (nSPS) is 20.9. The Morgan fingerprint density at radius 2 is 1.87 bits per heavy atom. The van der Waals surface area contributed by atoms with E-state index < -0.39 is 6.10 Å². The van der Waals surface area contributed by atoms with Crippen LogP contribution in [0.4, 0.5) is 0 Å². The van der Waals surface area contributed by atoms with Gasteiger partial charge in [-0.15, -0.1) is 0 Å². The summed E-state index contributed by atoms with van der Waals surface area (Å²) >= 11 is 0. The Kier molecular flexibility index (Phi) is 5.74. The van der Waals surface area contributed by atoms with Gasteiger partial charge in [0.25, 0.3) is 5.91 Å². The smallest absolute Gasteiger partial charge is 0.292 e. The Morgan fingerprint density at radius 1 is 1.06 bits per heavy atom. The van der Waals surface area contributed by atoms with Gasteiger partial charge in [0.2, 0.25) is 5.76 Å². The van der Waals surface area contributed by atoms with Gasteiger partial charge in [-0.05, 0) is 55.1 Å². The van der Waals surface area contributed by atoms with Crippen LogP contribution in [-0.2, 0) is 6.54 Å². The topological polar surface area (TPSA) is 69.8 Å². The summed E-state index contributed by atoms with van der Waals surface area (Å²) in [5, 5.41) is 16.7. The number of likely N-dealkylation sites (tertiary alicyclic amines) is 2. The van der Waals surface area contributed by atoms with Gasteiger partial charge in [-0.1, -0.05) is 47.6 Å². The van der Waals surface area contributed by atoms with Crippen molar-refractivity contribution in [3.05, 3.63) is 65.5 Å². The minimum Gasteiger partial charge on any atom is -0.391 e. The van der Waals surface area contributed by atoms with E-state index in [2.05, 4.69) is 52.5 Å². The minimum absolute atomic E-state index is 0.161. The van der Waals surface area contributed by atoms with Gasteiger partial charge in [0.1, 0.15) is 0 Å². The number of aliphatic hydroxyl groups excluding tert-OH is 1. The number of benzene rings is 2. The number of fused-ring (bicyclic) bond motifs is 1. The highest BCUT2D eigenvalue weighted by Gasteiger charge is 2.28. The van der Waals surface area contributed by atoms with E-state index >= 15 is 0 Å². The zero-order chi connectivity index (χ0) is 21.2. The van der Waals surface area contributed by atoms with Crippen molar-refractivity contribution in [3.63, 3.8) is 0 Å². The van der Waals surface area contributed by atoms with E-state index in [1.54, 1.807) is 4.90 Å². The summed E-state index contributed by atoms with van der Waals surface area (Å²) in [6.45, 7) is 4.00. The number of aromatic nitrogens is 1. The SMILES string of the molecule is O=C(c1cc(C2CCN(Cc3cccc4ccccc34)CC2)no1)N1CCCC(O)C1. The van der Waals surface area contributed by atoms with Crippen LogP contribution >= 0.6 is 0 Å². The number of hydrogen-bond donors (Lipinski definition) is 1. The molecule has 2 aliphatic rings. The first-order chi connectivity index (χ1) is 15.2. The molecule has 1 unspecified atom stereocenters. The van der Waals surface area contributed by atoms with Crippen molar-refractivity contribution in [2.45, 2.75) is 44.2 Å². The number of piperidine rings is 2. The Morgan fingerprint density at radius 3 is 2.71 bits per heavy atom. The second-order valence-corrected chi connectivity index (χ2v) is 8.85. The zero-order valence-corrected chi connectivity index (χ0v) is 17.7. The third-order valence-corrected chi connectivity index (χ3v) is 6.70. The van der Waals surface area contributed by atoms with Crippen LogP contribution in [0.1, 0.15) is 53.4 Å². The highest BCUT2D eigenvalue weighted by atomic mass is 16.5. The molecule has 1 atom stereocenters. The van der Waals surface area contributed by atoms with E-state index in [0.717, 1.165) is 51.0 Å². The Balaban J connectivity index is 1.20. The van der Waals surface area contributed by atoms with Gasteiger partial charge in [0.15, 0.2) is 0 Å². The fraction of sp³-hybridized carbons (Fsp3) is 0.440. The summed E-state index contributed by atoms with van der Waals surface area (Å²) in [4.78, 5) is 16.8. The second-order valence-electron chi connectivity index (χ2n) is 8.85. The highest BCUT2D eigenvalue weighted by Crippen LogP contribution is 2.30. The van der Waals surface area contributed by atoms with E-state index in [1.165, 1.54) is 16.3 Å². The molecule has 0 radical (unpaired) electrons. The Hall–Kier alpha value is -2.70. The monoisotopic (exact) mass is 419 g/mol. The maximum Gasteiger partial charge on any atom is 0.292 e. The van der Waals surface area contributed by atoms with Crippen molar-refractivity contribution in [1.82, 2.24) is 15.0 Å². The summed E-state index contributed by atoms with van der Waals surface area (Å²) in [5.41, 5.74) is 2.25. The van der Waals surface area contributed by atoms with Gasteiger partial charge in [0, 0.05) is 31.6 Å². The number of amides is 1. The molecule has 1 amide bonds. The lowest BCUT2D eigenvalue weighted by molar-refractivity contribution is 0.0441. The molecule has 0 aliphatic carbocycles. The molecule has 5 rings (SSSR count). The first kappa shape index (κ1) is 20.2. The molecule has 6 heteroatoms. The van der Waals surface area contributed by atoms with Crippen LogP contribution in [0.2, 0.25) is 0 Å². The number of carbonyl (C=O) groups is 1. The van der Waals surface area contributed by atoms with Gasteiger partial charge < -0.3 is 14.5 Å². The molecule has 162 valence electrons. The highest BCUT2D eigenvalue weighted by molar-refractivity contribution is 5.91. The molecule has 2 aromatic carbocycles. The van der Waals surface area contributed by atoms with E-state index in [0.29, 0.717) is 24.8 Å². The predicted molar refractivity (Wildman–Crippen MR) is 119 cm³/mol. The maximum absolute atomic E-state index is 12.7. The number of β-amino-alcohol motifs (C(OH)–C–C–N with tert-alkyl or cyclic N) is 1. The van der Waals surface area contributed by atoms with Crippen molar-refractivity contribution in [2.75, 3.05) is 26.2 Å². The second kappa shape index (κ2) is 8.81. The third-order valence-electron chi connectivity index (χ3n) is 6.70. The quantitative estimate of drug-likeness (QED) is 0.697. The summed E-state index contributed by atoms with van der Waals surface area (Å²) in [6, 6.07) is 16.9. The van der Waals surface area contributed by atoms with Crippen LogP contribution in [0.5, 0.6) is 0 Å². The van der Waals surface area contributed by atoms with Crippen molar-refractivity contribution in [1.29, 1.82) is 0 Å². The van der Waals surface area contributed by atoms with Crippen molar-refractivity contribution in [3.8, 4) is 0 Å². The van der Waals surface area contributed by atoms with Gasteiger partial charge >= 0.3 is 0 Å². The number of aliphatic hydroxyl groups is 1. The van der Waals surface area contributed by atoms with Crippen LogP contribution in [0.15, 0.2) is 53.1 Å². The third kappa shape index (κ3) is 4.36. The van der Waals surface area contributed by atoms with Crippen LogP contribution < -0.4 is 0 Å². The van der Waals surface area contributed by atoms with Crippen molar-refractivity contribution < 1.29 is 14.4 Å². The number of carbonyl (C=O) groups excluding carboxylic acids is 1. The minimum atomic E-state index is -0.439. The summed E-state index contributed by atoms with van der Waals surface area (Å²) < 4.78 is 5.40. The summed E-state index contributed by atoms with van der Waals surface area (Å²) in [5.74, 6) is 0.453. The molecule has 0 saturated carbocycles. The lowest BCUT2D eigenvalue weighted by Crippen LogP contribution is -2.42. The predicted octanol–water partition coefficient (Wildman–Crippen LogP) is 3.80. The molecular formula is C25H29N3O3. The summed E-state index contributed by atoms with van der Waals surface area (Å²) in [7, 11) is 0. The molecule has 2 fully saturated rings. The van der Waals surface area contributed by atoms with Crippen molar-refractivity contribution >= 4 is 16.7 Å². The first-order valence-corrected chi connectivity index (χ1v) is 11.3. The fourth-order valence-corrected chi connectivity index (χ4v) is 4.94. The molecular weight excluding hydrogens is 390 g/mol. The van der Waals surface area contributed by atoms with E-state index in [-0.39, 0.29) is 5.91 Å². The first-order valence-electron chi connectivity index (χ1n) is 11.3. The lowest BCUT2D eigenvalue weighted by Gasteiger charge is -2.31. The average molecular weight is 420 g/mol. The molecule has 1 aromatic heterocycles. The fourth-order valence-electron chi connectivity index (χ4n) is 4.94. The lowest BCUT2D eigenvalue weighted by atomic mass is 9.93. The van der Waals surface area contributed by atoms with E-state index in [9.17, 15) is 9.90 Å². The molecule has 2 aliphatic heterocycles. The van der Waals surface area contributed by atoms with Crippen LogP contribution in [0, 0.1) is 0 Å². The molecule has 1 N–H and O–H groups in total. The Bertz CT molecular complexity index is 1050. The zero-order valence-electron chi connectivity index (χ0n) is 17.7. The standard InChI is InChI=1S/C25H29N3O3/c29-21-8-4-12-28(17-21)25(30)24-15-23(26-31-24)19-10-13-27(14-11-19)16-20-7-3-6-18-5-1-2-9-22(18)20/h1-3,5-7,9,15,19,21,29H,4,8,10-14,16-17H2. The largest absolute Gasteiger partial charge is 0.391 e. The Labute approximate surface area is 182 Å². The van der Waals surface area contributed by atoms with Crippen LogP contribution in [-0.4, -0.2) is 58.3 Å². The van der Waals surface area contributed by atoms with Gasteiger partial charge in [-0.3, -0.25) is 9.69 Å². The molecule has 31 heavy (non-hydrogen) atoms. The van der Waals surface area contributed by atoms with E-state index in [4.69, 9.17) is 4.52 Å². The average Bonchev–Trinajstić information content (AvgIpc) is 3.30. The maximum atomic E-state index is 12.7. The van der Waals surface area contributed by atoms with Gasteiger partial charge in [0.05, 0.1) is 11.8 Å². The van der Waals surface area contributed by atoms with Crippen LogP contribution in [0.3, 0.4) is 0 Å². The van der Waals surface area contributed by atoms with Gasteiger partial charge in [-0.2, -0.15) is 0 Å². The number of nitrogens with zero attached hydrogens (tertiary/aromatic N) is 3.